The van der Waals surface area contributed by atoms with E-state index in [9.17, 15) is 4.79 Å². The van der Waals surface area contributed by atoms with E-state index < -0.39 is 0 Å². The average Bonchev–Trinajstić information content (AvgIpc) is 3.25. The highest BCUT2D eigenvalue weighted by atomic mass is 35.5. The smallest absolute Gasteiger partial charge is 0.216 e. The molecule has 2 heterocycles. The molecule has 2 aromatic heterocycles. The topological polar surface area (TPSA) is 66.9 Å². The summed E-state index contributed by atoms with van der Waals surface area (Å²) in [7, 11) is 0. The maximum Gasteiger partial charge on any atom is 0.216 e. The minimum atomic E-state index is -0.0221. The Hall–Kier alpha value is -1.83. The number of carbonyl (C=O) groups is 1. The van der Waals surface area contributed by atoms with Gasteiger partial charge in [-0.3, -0.25) is 4.79 Å². The van der Waals surface area contributed by atoms with Gasteiger partial charge in [-0.25, -0.2) is 9.97 Å². The summed E-state index contributed by atoms with van der Waals surface area (Å²) in [6.07, 6.45) is 3.44. The summed E-state index contributed by atoms with van der Waals surface area (Å²) in [6, 6.07) is 7.81. The molecule has 0 aliphatic heterocycles. The van der Waals surface area contributed by atoms with Crippen LogP contribution in [0.1, 0.15) is 29.6 Å². The molecule has 3 aromatic rings. The highest BCUT2D eigenvalue weighted by molar-refractivity contribution is 7.98. The molecule has 2 N–H and O–H groups in total. The number of fused-ring (bicyclic) bond motifs is 3. The maximum absolute atomic E-state index is 11.1. The zero-order valence-electron chi connectivity index (χ0n) is 15.5. The zero-order valence-corrected chi connectivity index (χ0v) is 17.9. The van der Waals surface area contributed by atoms with Crippen molar-refractivity contribution in [3.8, 4) is 0 Å². The van der Waals surface area contributed by atoms with Crippen molar-refractivity contribution in [3.05, 3.63) is 45.6 Å². The van der Waals surface area contributed by atoms with Crippen LogP contribution >= 0.6 is 34.7 Å². The van der Waals surface area contributed by atoms with E-state index in [-0.39, 0.29) is 5.91 Å². The number of carbonyl (C=O) groups excluding carboxylic acids is 1. The lowest BCUT2D eigenvalue weighted by atomic mass is 10.2. The number of hydrogen-bond acceptors (Lipinski definition) is 6. The molecule has 0 saturated carbocycles. The quantitative estimate of drug-likeness (QED) is 0.419. The normalized spacial score (nSPS) is 12.9. The Bertz CT molecular complexity index is 1000. The van der Waals surface area contributed by atoms with E-state index in [1.807, 2.05) is 24.3 Å². The van der Waals surface area contributed by atoms with Gasteiger partial charge in [0.2, 0.25) is 5.91 Å². The van der Waals surface area contributed by atoms with Gasteiger partial charge in [-0.1, -0.05) is 11.6 Å². The standard InChI is InChI=1S/C20H21ClN4OS2/c1-12(26)22-9-10-23-19-18-15-3-2-4-16(15)28-20(18)25-17(24-19)11-27-14-7-5-13(21)6-8-14/h5-8H,2-4,9-11H2,1H3,(H,22,26)(H,23,24,25). The first-order valence-corrected chi connectivity index (χ1v) is 11.5. The lowest BCUT2D eigenvalue weighted by molar-refractivity contribution is -0.118. The Kier molecular flexibility index (Phi) is 6.04. The SMILES string of the molecule is CC(=O)NCCNc1nc(CSc2ccc(Cl)cc2)nc2sc3c(c12)CCC3. The third-order valence-electron chi connectivity index (χ3n) is 4.58. The molecule has 4 rings (SSSR count). The summed E-state index contributed by atoms with van der Waals surface area (Å²) < 4.78 is 0. The fraction of sp³-hybridized carbons (Fsp3) is 0.350. The number of aryl methyl sites for hydroxylation is 2. The molecule has 0 spiro atoms. The number of thioether (sulfide) groups is 1. The second kappa shape index (κ2) is 8.68. The molecule has 0 unspecified atom stereocenters. The molecule has 1 aromatic carbocycles. The third kappa shape index (κ3) is 4.42. The van der Waals surface area contributed by atoms with Crippen molar-refractivity contribution in [1.82, 2.24) is 15.3 Å². The summed E-state index contributed by atoms with van der Waals surface area (Å²) in [5, 5.41) is 8.14. The predicted molar refractivity (Wildman–Crippen MR) is 118 cm³/mol. The van der Waals surface area contributed by atoms with Crippen molar-refractivity contribution in [2.24, 2.45) is 0 Å². The largest absolute Gasteiger partial charge is 0.368 e. The fourth-order valence-electron chi connectivity index (χ4n) is 3.33. The molecule has 0 fully saturated rings. The summed E-state index contributed by atoms with van der Waals surface area (Å²) in [5.41, 5.74) is 1.40. The average molecular weight is 433 g/mol. The minimum Gasteiger partial charge on any atom is -0.368 e. The first kappa shape index (κ1) is 19.5. The molecule has 1 amide bonds. The Morgan fingerprint density at radius 3 is 2.82 bits per heavy atom. The van der Waals surface area contributed by atoms with Gasteiger partial charge in [0.1, 0.15) is 16.5 Å². The molecule has 5 nitrogen and oxygen atoms in total. The van der Waals surface area contributed by atoms with Crippen LogP contribution in [0, 0.1) is 0 Å². The van der Waals surface area contributed by atoms with Crippen molar-refractivity contribution in [2.75, 3.05) is 18.4 Å². The van der Waals surface area contributed by atoms with E-state index >= 15 is 0 Å². The molecule has 1 aliphatic carbocycles. The van der Waals surface area contributed by atoms with Gasteiger partial charge in [-0.05, 0) is 49.1 Å². The van der Waals surface area contributed by atoms with Gasteiger partial charge in [0, 0.05) is 34.8 Å². The highest BCUT2D eigenvalue weighted by Crippen LogP contribution is 2.39. The number of nitrogens with zero attached hydrogens (tertiary/aromatic N) is 2. The van der Waals surface area contributed by atoms with Crippen molar-refractivity contribution < 1.29 is 4.79 Å². The van der Waals surface area contributed by atoms with Crippen LogP contribution in [-0.4, -0.2) is 29.0 Å². The Balaban J connectivity index is 1.56. The molecule has 146 valence electrons. The molecular weight excluding hydrogens is 412 g/mol. The van der Waals surface area contributed by atoms with Crippen molar-refractivity contribution >= 4 is 56.6 Å². The van der Waals surface area contributed by atoms with Gasteiger partial charge in [0.25, 0.3) is 0 Å². The Labute approximate surface area is 177 Å². The van der Waals surface area contributed by atoms with Crippen LogP contribution in [0.25, 0.3) is 10.2 Å². The van der Waals surface area contributed by atoms with Crippen LogP contribution in [0.4, 0.5) is 5.82 Å². The van der Waals surface area contributed by atoms with Crippen LogP contribution in [-0.2, 0) is 23.4 Å². The number of amides is 1. The lowest BCUT2D eigenvalue weighted by Crippen LogP contribution is -2.26. The molecule has 0 saturated heterocycles. The minimum absolute atomic E-state index is 0.0221. The number of thiophene rings is 1. The second-order valence-electron chi connectivity index (χ2n) is 6.68. The van der Waals surface area contributed by atoms with E-state index in [0.29, 0.717) is 18.8 Å². The van der Waals surface area contributed by atoms with Crippen molar-refractivity contribution in [3.63, 3.8) is 0 Å². The van der Waals surface area contributed by atoms with Crippen LogP contribution < -0.4 is 10.6 Å². The number of aromatic nitrogens is 2. The molecular formula is C20H21ClN4OS2. The van der Waals surface area contributed by atoms with E-state index in [1.54, 1.807) is 23.1 Å². The molecule has 0 atom stereocenters. The predicted octanol–water partition coefficient (Wildman–Crippen LogP) is 4.67. The van der Waals surface area contributed by atoms with Gasteiger partial charge < -0.3 is 10.6 Å². The monoisotopic (exact) mass is 432 g/mol. The third-order valence-corrected chi connectivity index (χ3v) is 7.03. The van der Waals surface area contributed by atoms with Gasteiger partial charge in [0.15, 0.2) is 0 Å². The molecule has 8 heteroatoms. The van der Waals surface area contributed by atoms with Gasteiger partial charge in [-0.2, -0.15) is 0 Å². The van der Waals surface area contributed by atoms with Gasteiger partial charge in [-0.15, -0.1) is 23.1 Å². The molecule has 1 aliphatic rings. The first-order chi connectivity index (χ1) is 13.6. The van der Waals surface area contributed by atoms with E-state index in [2.05, 4.69) is 10.6 Å². The number of nitrogens with one attached hydrogen (secondary N) is 2. The highest BCUT2D eigenvalue weighted by Gasteiger charge is 2.22. The van der Waals surface area contributed by atoms with E-state index in [0.717, 1.165) is 39.2 Å². The maximum atomic E-state index is 11.1. The Morgan fingerprint density at radius 1 is 1.21 bits per heavy atom. The summed E-state index contributed by atoms with van der Waals surface area (Å²) in [4.78, 5) is 24.4. The lowest BCUT2D eigenvalue weighted by Gasteiger charge is -2.10. The molecule has 28 heavy (non-hydrogen) atoms. The summed E-state index contributed by atoms with van der Waals surface area (Å²) >= 11 is 9.46. The molecule has 0 bridgehead atoms. The first-order valence-electron chi connectivity index (χ1n) is 9.28. The van der Waals surface area contributed by atoms with Crippen LogP contribution in [0.3, 0.4) is 0 Å². The van der Waals surface area contributed by atoms with Crippen LogP contribution in [0.5, 0.6) is 0 Å². The van der Waals surface area contributed by atoms with Gasteiger partial charge in [0.05, 0.1) is 11.1 Å². The van der Waals surface area contributed by atoms with Crippen LogP contribution in [0.15, 0.2) is 29.2 Å². The number of benzene rings is 1. The van der Waals surface area contributed by atoms with E-state index in [4.69, 9.17) is 21.6 Å². The number of rotatable bonds is 7. The van der Waals surface area contributed by atoms with Crippen LogP contribution in [0.2, 0.25) is 5.02 Å². The number of hydrogen-bond donors (Lipinski definition) is 2. The van der Waals surface area contributed by atoms with E-state index in [1.165, 1.54) is 29.2 Å². The van der Waals surface area contributed by atoms with Gasteiger partial charge >= 0.3 is 0 Å². The fourth-order valence-corrected chi connectivity index (χ4v) is 5.49. The zero-order chi connectivity index (χ0) is 19.5. The number of halogens is 1. The molecule has 0 radical (unpaired) electrons. The Morgan fingerprint density at radius 2 is 2.04 bits per heavy atom. The summed E-state index contributed by atoms with van der Waals surface area (Å²) in [5.74, 6) is 2.38. The summed E-state index contributed by atoms with van der Waals surface area (Å²) in [6.45, 7) is 2.74. The second-order valence-corrected chi connectivity index (χ2v) is 9.25. The number of anilines is 1. The van der Waals surface area contributed by atoms with Crippen molar-refractivity contribution in [1.29, 1.82) is 0 Å². The van der Waals surface area contributed by atoms with Crippen molar-refractivity contribution in [2.45, 2.75) is 36.8 Å².